The summed E-state index contributed by atoms with van der Waals surface area (Å²) in [4.78, 5) is 5.03. The van der Waals surface area contributed by atoms with Gasteiger partial charge in [0.25, 0.3) is 0 Å². The highest BCUT2D eigenvalue weighted by molar-refractivity contribution is 5.72. The molecule has 4 heteroatoms. The highest BCUT2D eigenvalue weighted by atomic mass is 16.5. The predicted octanol–water partition coefficient (Wildman–Crippen LogP) is 9.06. The van der Waals surface area contributed by atoms with Crippen LogP contribution < -0.4 is 9.47 Å². The van der Waals surface area contributed by atoms with Gasteiger partial charge in [-0.2, -0.15) is 0 Å². The van der Waals surface area contributed by atoms with Crippen LogP contribution in [0.25, 0.3) is 11.1 Å². The molecule has 0 aliphatic carbocycles. The van der Waals surface area contributed by atoms with Crippen LogP contribution in [0.15, 0.2) is 72.8 Å². The molecule has 6 rings (SSSR count). The first-order valence-corrected chi connectivity index (χ1v) is 17.6. The molecule has 4 nitrogen and oxygen atoms in total. The molecule has 0 radical (unpaired) electrons. The van der Waals surface area contributed by atoms with Crippen LogP contribution in [0.5, 0.6) is 11.5 Å². The van der Waals surface area contributed by atoms with Gasteiger partial charge < -0.3 is 9.47 Å². The van der Waals surface area contributed by atoms with Crippen LogP contribution in [0.2, 0.25) is 0 Å². The minimum atomic E-state index is 0.449. The van der Waals surface area contributed by atoms with Gasteiger partial charge in [0, 0.05) is 13.1 Å². The van der Waals surface area contributed by atoms with Crippen molar-refractivity contribution in [3.05, 3.63) is 117 Å². The molecular formula is C44H48N2O2. The maximum Gasteiger partial charge on any atom is 0.135 e. The van der Waals surface area contributed by atoms with Crippen molar-refractivity contribution in [3.63, 3.8) is 0 Å². The Morgan fingerprint density at radius 3 is 1.38 bits per heavy atom. The molecule has 2 aliphatic heterocycles. The van der Waals surface area contributed by atoms with Crippen LogP contribution in [-0.2, 0) is 26.3 Å². The van der Waals surface area contributed by atoms with E-state index >= 15 is 0 Å². The highest BCUT2D eigenvalue weighted by Crippen LogP contribution is 2.32. The van der Waals surface area contributed by atoms with E-state index in [1.807, 2.05) is 12.1 Å². The Balaban J connectivity index is 1.13. The molecule has 0 bridgehead atoms. The van der Waals surface area contributed by atoms with Gasteiger partial charge in [-0.25, -0.2) is 0 Å². The number of rotatable bonds is 11. The van der Waals surface area contributed by atoms with Crippen LogP contribution in [0.4, 0.5) is 0 Å². The third-order valence-electron chi connectivity index (χ3n) is 10.1. The zero-order chi connectivity index (χ0) is 33.3. The Labute approximate surface area is 288 Å². The molecule has 48 heavy (non-hydrogen) atoms. The molecule has 0 amide bonds. The molecule has 2 aliphatic rings. The lowest BCUT2D eigenvalue weighted by Crippen LogP contribution is -2.29. The molecule has 246 valence electrons. The van der Waals surface area contributed by atoms with Crippen molar-refractivity contribution >= 4 is 0 Å². The molecule has 2 saturated heterocycles. The highest BCUT2D eigenvalue weighted by Gasteiger charge is 2.16. The van der Waals surface area contributed by atoms with Gasteiger partial charge in [0.05, 0.1) is 11.1 Å². The van der Waals surface area contributed by atoms with Crippen molar-refractivity contribution < 1.29 is 9.47 Å². The van der Waals surface area contributed by atoms with Gasteiger partial charge in [0.15, 0.2) is 0 Å². The first kappa shape index (κ1) is 33.4. The third-order valence-corrected chi connectivity index (χ3v) is 10.1. The summed E-state index contributed by atoms with van der Waals surface area (Å²) in [5, 5.41) is 0. The first-order chi connectivity index (χ1) is 23.5. The van der Waals surface area contributed by atoms with E-state index in [0.717, 1.165) is 73.0 Å². The zero-order valence-electron chi connectivity index (χ0n) is 28.7. The second kappa shape index (κ2) is 16.1. The molecule has 0 aromatic heterocycles. The average Bonchev–Trinajstić information content (AvgIpc) is 3.12. The van der Waals surface area contributed by atoms with Gasteiger partial charge in [-0.15, -0.1) is 12.8 Å². The number of terminal acetylenes is 2. The Hall–Kier alpha value is -4.48. The van der Waals surface area contributed by atoms with E-state index in [4.69, 9.17) is 22.3 Å². The summed E-state index contributed by atoms with van der Waals surface area (Å²) >= 11 is 0. The zero-order valence-corrected chi connectivity index (χ0v) is 28.7. The fraction of sp³-hybridized carbons (Fsp3) is 0.364. The van der Waals surface area contributed by atoms with Crippen LogP contribution in [0.1, 0.15) is 83.0 Å². The SMILES string of the molecule is C#Cc1cc(CN2CCCCC2)ccc1OCc1cccc(-c2cccc(COc3ccc(CN4CCCCC4)cc3C#C)c2C)c1C. The summed E-state index contributed by atoms with van der Waals surface area (Å²) in [6.45, 7) is 11.8. The number of likely N-dealkylation sites (tertiary alicyclic amines) is 2. The summed E-state index contributed by atoms with van der Waals surface area (Å²) in [6, 6.07) is 25.5. The monoisotopic (exact) mass is 636 g/mol. The van der Waals surface area contributed by atoms with E-state index < -0.39 is 0 Å². The lowest BCUT2D eigenvalue weighted by Gasteiger charge is -2.26. The topological polar surface area (TPSA) is 24.9 Å². The molecule has 4 aromatic rings. The van der Waals surface area contributed by atoms with E-state index in [1.165, 1.54) is 71.9 Å². The van der Waals surface area contributed by atoms with E-state index in [0.29, 0.717) is 13.2 Å². The van der Waals surface area contributed by atoms with E-state index in [1.54, 1.807) is 0 Å². The number of ether oxygens (including phenoxy) is 2. The summed E-state index contributed by atoms with van der Waals surface area (Å²) < 4.78 is 12.7. The van der Waals surface area contributed by atoms with Crippen LogP contribution in [0.3, 0.4) is 0 Å². The number of hydrogen-bond acceptors (Lipinski definition) is 4. The fourth-order valence-electron chi connectivity index (χ4n) is 7.15. The largest absolute Gasteiger partial charge is 0.488 e. The maximum atomic E-state index is 6.35. The van der Waals surface area contributed by atoms with Gasteiger partial charge in [-0.1, -0.05) is 73.2 Å². The van der Waals surface area contributed by atoms with Crippen molar-refractivity contribution in [1.29, 1.82) is 0 Å². The quantitative estimate of drug-likeness (QED) is 0.153. The molecular weight excluding hydrogens is 588 g/mol. The lowest BCUT2D eigenvalue weighted by atomic mass is 9.92. The predicted molar refractivity (Wildman–Crippen MR) is 197 cm³/mol. The molecule has 0 spiro atoms. The fourth-order valence-corrected chi connectivity index (χ4v) is 7.15. The van der Waals surface area contributed by atoms with Crippen molar-refractivity contribution in [3.8, 4) is 47.3 Å². The molecule has 0 unspecified atom stereocenters. The summed E-state index contributed by atoms with van der Waals surface area (Å²) in [7, 11) is 0. The van der Waals surface area contributed by atoms with Gasteiger partial charge in [-0.05, 0) is 134 Å². The molecule has 4 aromatic carbocycles. The van der Waals surface area contributed by atoms with Crippen LogP contribution in [-0.4, -0.2) is 36.0 Å². The van der Waals surface area contributed by atoms with E-state index in [-0.39, 0.29) is 0 Å². The van der Waals surface area contributed by atoms with Crippen molar-refractivity contribution in [2.24, 2.45) is 0 Å². The maximum absolute atomic E-state index is 6.35. The second-order valence-corrected chi connectivity index (χ2v) is 13.4. The number of piperidine rings is 2. The molecule has 2 heterocycles. The third kappa shape index (κ3) is 8.14. The van der Waals surface area contributed by atoms with Crippen molar-refractivity contribution in [1.82, 2.24) is 9.80 Å². The molecule has 0 N–H and O–H groups in total. The summed E-state index contributed by atoms with van der Waals surface area (Å²) in [6.07, 6.45) is 19.7. The second-order valence-electron chi connectivity index (χ2n) is 13.4. The normalized spacial score (nSPS) is 15.4. The van der Waals surface area contributed by atoms with Crippen LogP contribution >= 0.6 is 0 Å². The Morgan fingerprint density at radius 1 is 0.562 bits per heavy atom. The van der Waals surface area contributed by atoms with Crippen molar-refractivity contribution in [2.45, 2.75) is 78.7 Å². The minimum Gasteiger partial charge on any atom is -0.488 e. The molecule has 0 saturated carbocycles. The summed E-state index contributed by atoms with van der Waals surface area (Å²) in [5.41, 5.74) is 11.2. The lowest BCUT2D eigenvalue weighted by molar-refractivity contribution is 0.220. The number of hydrogen-bond donors (Lipinski definition) is 0. The molecule has 0 atom stereocenters. The van der Waals surface area contributed by atoms with Crippen LogP contribution in [0, 0.1) is 38.5 Å². The Kier molecular flexibility index (Phi) is 11.2. The van der Waals surface area contributed by atoms with E-state index in [2.05, 4.69) is 96.2 Å². The standard InChI is InChI=1S/C44H48N2O2/c1-5-37-27-35(29-45-23-9-7-10-24-45)19-21-43(37)47-31-39-15-13-17-41(33(39)3)42-18-14-16-40(34(42)4)32-48-44-22-20-36(28-38(44)6-2)30-46-25-11-8-12-26-46/h1-2,13-22,27-28H,7-12,23-26,29-32H2,3-4H3. The van der Waals surface area contributed by atoms with Crippen molar-refractivity contribution in [2.75, 3.05) is 26.2 Å². The Morgan fingerprint density at radius 2 is 0.979 bits per heavy atom. The average molecular weight is 637 g/mol. The summed E-state index contributed by atoms with van der Waals surface area (Å²) in [5.74, 6) is 7.22. The minimum absolute atomic E-state index is 0.449. The van der Waals surface area contributed by atoms with Gasteiger partial charge in [0.2, 0.25) is 0 Å². The van der Waals surface area contributed by atoms with Gasteiger partial charge >= 0.3 is 0 Å². The number of benzene rings is 4. The van der Waals surface area contributed by atoms with Gasteiger partial charge in [0.1, 0.15) is 24.7 Å². The first-order valence-electron chi connectivity index (χ1n) is 17.6. The van der Waals surface area contributed by atoms with Gasteiger partial charge in [-0.3, -0.25) is 9.80 Å². The Bertz CT molecular complexity index is 1670. The molecule has 2 fully saturated rings. The van der Waals surface area contributed by atoms with E-state index in [9.17, 15) is 0 Å². The number of nitrogens with zero attached hydrogens (tertiary/aromatic N) is 2. The smallest absolute Gasteiger partial charge is 0.135 e.